The molecule has 0 spiro atoms. The second-order valence-electron chi connectivity index (χ2n) is 4.85. The minimum atomic E-state index is -0.676. The van der Waals surface area contributed by atoms with Crippen LogP contribution < -0.4 is 4.74 Å². The average molecular weight is 274 g/mol. The first-order valence-electron chi connectivity index (χ1n) is 6.76. The van der Waals surface area contributed by atoms with Crippen LogP contribution in [-0.4, -0.2) is 12.8 Å². The molecule has 0 heterocycles. The maximum absolute atomic E-state index is 11.4. The zero-order chi connectivity index (χ0) is 14.8. The number of hydrogen-bond acceptors (Lipinski definition) is 3. The molecule has 0 aliphatic heterocycles. The van der Waals surface area contributed by atoms with Gasteiger partial charge in [-0.3, -0.25) is 0 Å². The van der Waals surface area contributed by atoms with E-state index in [1.54, 1.807) is 24.3 Å². The first-order valence-corrected chi connectivity index (χ1v) is 6.76. The van der Waals surface area contributed by atoms with Gasteiger partial charge in [-0.15, -0.1) is 0 Å². The lowest BCUT2D eigenvalue weighted by atomic mass is 10.1. The summed E-state index contributed by atoms with van der Waals surface area (Å²) in [4.78, 5) is 11.4. The molecule has 0 fully saturated rings. The Hall–Kier alpha value is -2.03. The topological polar surface area (TPSA) is 35.5 Å². The first-order chi connectivity index (χ1) is 9.58. The van der Waals surface area contributed by atoms with Gasteiger partial charge in [0.1, 0.15) is 12.4 Å². The third kappa shape index (κ3) is 7.41. The van der Waals surface area contributed by atoms with Crippen molar-refractivity contribution in [2.75, 3.05) is 6.61 Å². The van der Waals surface area contributed by atoms with Crippen LogP contribution in [0.15, 0.2) is 53.6 Å². The van der Waals surface area contributed by atoms with Crippen LogP contribution in [0, 0.1) is 0 Å². The van der Waals surface area contributed by atoms with E-state index in [1.807, 2.05) is 19.1 Å². The molecular formula is C17H22O3. The molecule has 20 heavy (non-hydrogen) atoms. The summed E-state index contributed by atoms with van der Waals surface area (Å²) in [6.07, 6.45) is 5.42. The molecule has 0 bridgehead atoms. The highest BCUT2D eigenvalue weighted by Gasteiger charge is 2.03. The zero-order valence-electron chi connectivity index (χ0n) is 12.4. The summed E-state index contributed by atoms with van der Waals surface area (Å²) in [5, 5.41) is 0. The molecule has 0 atom stereocenters. The van der Waals surface area contributed by atoms with E-state index in [2.05, 4.69) is 19.9 Å². The Labute approximate surface area is 120 Å². The molecule has 0 unspecified atom stereocenters. The molecule has 0 aliphatic rings. The highest BCUT2D eigenvalue weighted by molar-refractivity contribution is 5.63. The number of benzene rings is 1. The molecule has 0 saturated carbocycles. The van der Waals surface area contributed by atoms with Crippen LogP contribution >= 0.6 is 0 Å². The van der Waals surface area contributed by atoms with E-state index in [0.29, 0.717) is 5.75 Å². The van der Waals surface area contributed by atoms with Crippen molar-refractivity contribution in [1.82, 2.24) is 0 Å². The number of rotatable bonds is 6. The lowest BCUT2D eigenvalue weighted by Gasteiger charge is -2.04. The van der Waals surface area contributed by atoms with Gasteiger partial charge in [-0.25, -0.2) is 4.79 Å². The van der Waals surface area contributed by atoms with E-state index < -0.39 is 6.16 Å². The van der Waals surface area contributed by atoms with Crippen molar-refractivity contribution in [2.24, 2.45) is 0 Å². The van der Waals surface area contributed by atoms with Crippen molar-refractivity contribution in [3.8, 4) is 5.75 Å². The van der Waals surface area contributed by atoms with Crippen molar-refractivity contribution in [3.05, 3.63) is 53.6 Å². The Morgan fingerprint density at radius 2 is 1.80 bits per heavy atom. The number of ether oxygens (including phenoxy) is 2. The summed E-state index contributed by atoms with van der Waals surface area (Å²) in [5.41, 5.74) is 2.52. The quantitative estimate of drug-likeness (QED) is 0.420. The van der Waals surface area contributed by atoms with Gasteiger partial charge in [-0.05, 0) is 51.8 Å². The van der Waals surface area contributed by atoms with Gasteiger partial charge in [0.15, 0.2) is 0 Å². The lowest BCUT2D eigenvalue weighted by Crippen LogP contribution is -2.10. The third-order valence-corrected chi connectivity index (χ3v) is 2.67. The molecule has 0 amide bonds. The monoisotopic (exact) mass is 274 g/mol. The second-order valence-corrected chi connectivity index (χ2v) is 4.85. The van der Waals surface area contributed by atoms with E-state index in [0.717, 1.165) is 12.8 Å². The molecule has 1 aromatic carbocycles. The van der Waals surface area contributed by atoms with Crippen molar-refractivity contribution >= 4 is 6.16 Å². The van der Waals surface area contributed by atoms with Crippen LogP contribution in [0.3, 0.4) is 0 Å². The highest BCUT2D eigenvalue weighted by Crippen LogP contribution is 2.10. The van der Waals surface area contributed by atoms with Crippen LogP contribution in [-0.2, 0) is 4.74 Å². The number of carbonyl (C=O) groups excluding carboxylic acids is 1. The van der Waals surface area contributed by atoms with Gasteiger partial charge in [0.25, 0.3) is 0 Å². The highest BCUT2D eigenvalue weighted by atomic mass is 16.7. The largest absolute Gasteiger partial charge is 0.514 e. The van der Waals surface area contributed by atoms with Crippen LogP contribution in [0.4, 0.5) is 4.79 Å². The molecule has 0 aromatic heterocycles. The van der Waals surface area contributed by atoms with E-state index in [4.69, 9.17) is 9.47 Å². The normalized spacial score (nSPS) is 10.8. The Bertz CT molecular complexity index is 468. The standard InChI is InChI=1S/C17H22O3/c1-14(2)8-7-9-15(3)12-13-19-17(18)20-16-10-5-4-6-11-16/h4-6,8,10-12H,7,9,13H2,1-3H3. The number of allylic oxidation sites excluding steroid dienone is 3. The lowest BCUT2D eigenvalue weighted by molar-refractivity contribution is 0.109. The van der Waals surface area contributed by atoms with Crippen molar-refractivity contribution in [1.29, 1.82) is 0 Å². The molecule has 0 N–H and O–H groups in total. The van der Waals surface area contributed by atoms with Gasteiger partial charge in [-0.1, -0.05) is 35.4 Å². The summed E-state index contributed by atoms with van der Waals surface area (Å²) >= 11 is 0. The molecule has 1 aromatic rings. The fraction of sp³-hybridized carbons (Fsp3) is 0.353. The van der Waals surface area contributed by atoms with Crippen LogP contribution in [0.2, 0.25) is 0 Å². The summed E-state index contributed by atoms with van der Waals surface area (Å²) in [5.74, 6) is 0.488. The Morgan fingerprint density at radius 3 is 2.45 bits per heavy atom. The zero-order valence-corrected chi connectivity index (χ0v) is 12.4. The third-order valence-electron chi connectivity index (χ3n) is 2.67. The second kappa shape index (κ2) is 8.97. The van der Waals surface area contributed by atoms with Gasteiger partial charge in [0, 0.05) is 0 Å². The van der Waals surface area contributed by atoms with E-state index in [-0.39, 0.29) is 6.61 Å². The predicted octanol–water partition coefficient (Wildman–Crippen LogP) is 4.89. The van der Waals surface area contributed by atoms with E-state index in [1.165, 1.54) is 11.1 Å². The van der Waals surface area contributed by atoms with Gasteiger partial charge in [-0.2, -0.15) is 0 Å². The van der Waals surface area contributed by atoms with Gasteiger partial charge in [0.05, 0.1) is 0 Å². The number of para-hydroxylation sites is 1. The van der Waals surface area contributed by atoms with E-state index >= 15 is 0 Å². The van der Waals surface area contributed by atoms with Crippen molar-refractivity contribution in [3.63, 3.8) is 0 Å². The molecule has 0 radical (unpaired) electrons. The van der Waals surface area contributed by atoms with Gasteiger partial charge < -0.3 is 9.47 Å². The Balaban J connectivity index is 2.25. The molecule has 0 saturated heterocycles. The maximum Gasteiger partial charge on any atom is 0.514 e. The summed E-state index contributed by atoms with van der Waals surface area (Å²) in [7, 11) is 0. The predicted molar refractivity (Wildman–Crippen MR) is 80.8 cm³/mol. The molecule has 3 nitrogen and oxygen atoms in total. The van der Waals surface area contributed by atoms with Crippen LogP contribution in [0.5, 0.6) is 5.75 Å². The average Bonchev–Trinajstić information content (AvgIpc) is 2.39. The van der Waals surface area contributed by atoms with E-state index in [9.17, 15) is 4.79 Å². The van der Waals surface area contributed by atoms with Crippen LogP contribution in [0.1, 0.15) is 33.6 Å². The Kier molecular flexibility index (Phi) is 7.18. The minimum Gasteiger partial charge on any atom is -0.430 e. The fourth-order valence-electron chi connectivity index (χ4n) is 1.56. The molecule has 3 heteroatoms. The van der Waals surface area contributed by atoms with Crippen LogP contribution in [0.25, 0.3) is 0 Å². The SMILES string of the molecule is CC(C)=CCCC(C)=CCOC(=O)Oc1ccccc1. The number of hydrogen-bond donors (Lipinski definition) is 0. The number of carbonyl (C=O) groups is 1. The summed E-state index contributed by atoms with van der Waals surface area (Å²) in [6.45, 7) is 6.44. The smallest absolute Gasteiger partial charge is 0.430 e. The van der Waals surface area contributed by atoms with Crippen molar-refractivity contribution in [2.45, 2.75) is 33.6 Å². The minimum absolute atomic E-state index is 0.242. The molecule has 1 rings (SSSR count). The Morgan fingerprint density at radius 1 is 1.10 bits per heavy atom. The molecule has 0 aliphatic carbocycles. The fourth-order valence-corrected chi connectivity index (χ4v) is 1.56. The molecular weight excluding hydrogens is 252 g/mol. The molecule has 108 valence electrons. The van der Waals surface area contributed by atoms with Gasteiger partial charge in [0.2, 0.25) is 0 Å². The maximum atomic E-state index is 11.4. The summed E-state index contributed by atoms with van der Waals surface area (Å²) < 4.78 is 10.00. The van der Waals surface area contributed by atoms with Crippen molar-refractivity contribution < 1.29 is 14.3 Å². The summed E-state index contributed by atoms with van der Waals surface area (Å²) in [6, 6.07) is 8.88. The van der Waals surface area contributed by atoms with Gasteiger partial charge >= 0.3 is 6.16 Å². The first kappa shape index (κ1) is 16.0.